The molecule has 1 heterocycles. The highest BCUT2D eigenvalue weighted by Gasteiger charge is 2.32. The fraction of sp³-hybridized carbons (Fsp3) is 0.444. The predicted octanol–water partition coefficient (Wildman–Crippen LogP) is 0.562. The van der Waals surface area contributed by atoms with Gasteiger partial charge in [-0.25, -0.2) is 4.79 Å². The number of carboxylic acids is 1. The lowest BCUT2D eigenvalue weighted by atomic mass is 10.0. The molecule has 0 fully saturated rings. The van der Waals surface area contributed by atoms with Crippen LogP contribution in [0, 0.1) is 0 Å². The average Bonchev–Trinajstić information content (AvgIpc) is 2.39. The molecule has 70 valence electrons. The molecule has 13 heavy (non-hydrogen) atoms. The minimum Gasteiger partial charge on any atom is -0.477 e. The zero-order valence-corrected chi connectivity index (χ0v) is 7.29. The number of fused-ring (bicyclic) bond motifs is 1. The topological polar surface area (TPSA) is 73.3 Å². The van der Waals surface area contributed by atoms with Crippen LogP contribution in [0.3, 0.4) is 0 Å². The Morgan fingerprint density at radius 2 is 2.31 bits per heavy atom. The second kappa shape index (κ2) is 2.35. The van der Waals surface area contributed by atoms with Crippen molar-refractivity contribution in [2.24, 2.45) is 0 Å². The molecule has 1 aliphatic carbocycles. The minimum atomic E-state index is -0.950. The monoisotopic (exact) mass is 181 g/mol. The first-order valence-electron chi connectivity index (χ1n) is 4.14. The Labute approximate surface area is 75.2 Å². The summed E-state index contributed by atoms with van der Waals surface area (Å²) in [4.78, 5) is 13.4. The summed E-state index contributed by atoms with van der Waals surface area (Å²) >= 11 is 0. The number of nitrogens with one attached hydrogen (secondary N) is 1. The smallest absolute Gasteiger partial charge is 0.352 e. The van der Waals surface area contributed by atoms with Crippen molar-refractivity contribution in [3.05, 3.63) is 23.0 Å². The SMILES string of the molecule is C[C@@]1(O)Cc2cc(C(=O)O)[nH]c2C1. The maximum absolute atomic E-state index is 10.6. The van der Waals surface area contributed by atoms with Crippen molar-refractivity contribution in [3.63, 3.8) is 0 Å². The van der Waals surface area contributed by atoms with Crippen molar-refractivity contribution in [1.29, 1.82) is 0 Å². The van der Waals surface area contributed by atoms with Gasteiger partial charge in [0.1, 0.15) is 5.69 Å². The number of H-pyrrole nitrogens is 1. The van der Waals surface area contributed by atoms with Crippen LogP contribution in [-0.2, 0) is 12.8 Å². The maximum atomic E-state index is 10.6. The summed E-state index contributed by atoms with van der Waals surface area (Å²) in [6.45, 7) is 1.75. The first-order chi connectivity index (χ1) is 5.98. The normalized spacial score (nSPS) is 26.0. The van der Waals surface area contributed by atoms with E-state index in [1.807, 2.05) is 0 Å². The van der Waals surface area contributed by atoms with Gasteiger partial charge in [0, 0.05) is 18.5 Å². The molecule has 0 radical (unpaired) electrons. The largest absolute Gasteiger partial charge is 0.477 e. The zero-order valence-electron chi connectivity index (χ0n) is 7.29. The van der Waals surface area contributed by atoms with Gasteiger partial charge in [-0.3, -0.25) is 0 Å². The van der Waals surface area contributed by atoms with Crippen LogP contribution >= 0.6 is 0 Å². The zero-order chi connectivity index (χ0) is 9.64. The standard InChI is InChI=1S/C9H11NO3/c1-9(13)3-5-2-6(8(11)12)10-7(5)4-9/h2,10,13H,3-4H2,1H3,(H,11,12)/t9-/m1/s1. The van der Waals surface area contributed by atoms with Crippen LogP contribution in [0.15, 0.2) is 6.07 Å². The highest BCUT2D eigenvalue weighted by molar-refractivity contribution is 5.86. The summed E-state index contributed by atoms with van der Waals surface area (Å²) in [7, 11) is 0. The molecule has 3 N–H and O–H groups in total. The van der Waals surface area contributed by atoms with Crippen LogP contribution in [0.25, 0.3) is 0 Å². The molecule has 1 aromatic rings. The number of aromatic amines is 1. The number of carboxylic acid groups (broad SMARTS) is 1. The molecule has 2 rings (SSSR count). The molecule has 0 aromatic carbocycles. The third kappa shape index (κ3) is 1.33. The summed E-state index contributed by atoms with van der Waals surface area (Å²) in [6, 6.07) is 1.60. The molecule has 0 amide bonds. The van der Waals surface area contributed by atoms with Crippen molar-refractivity contribution < 1.29 is 15.0 Å². The van der Waals surface area contributed by atoms with E-state index in [2.05, 4.69) is 4.98 Å². The number of aliphatic hydroxyl groups is 1. The molecule has 0 aliphatic heterocycles. The van der Waals surface area contributed by atoms with Gasteiger partial charge in [0.2, 0.25) is 0 Å². The Hall–Kier alpha value is -1.29. The summed E-state index contributed by atoms with van der Waals surface area (Å²) in [5.41, 5.74) is 1.27. The Bertz CT molecular complexity index is 339. The summed E-state index contributed by atoms with van der Waals surface area (Å²) in [5.74, 6) is -0.950. The van der Waals surface area contributed by atoms with Crippen molar-refractivity contribution in [2.75, 3.05) is 0 Å². The number of hydrogen-bond acceptors (Lipinski definition) is 2. The van der Waals surface area contributed by atoms with Crippen LogP contribution < -0.4 is 0 Å². The Balaban J connectivity index is 2.34. The Morgan fingerprint density at radius 3 is 2.85 bits per heavy atom. The third-order valence-corrected chi connectivity index (χ3v) is 2.35. The first-order valence-corrected chi connectivity index (χ1v) is 4.14. The number of hydrogen-bond donors (Lipinski definition) is 3. The van der Waals surface area contributed by atoms with E-state index in [4.69, 9.17) is 5.11 Å². The maximum Gasteiger partial charge on any atom is 0.352 e. The van der Waals surface area contributed by atoms with Gasteiger partial charge in [-0.2, -0.15) is 0 Å². The van der Waals surface area contributed by atoms with Crippen molar-refractivity contribution in [1.82, 2.24) is 4.98 Å². The quantitative estimate of drug-likeness (QED) is 0.592. The Kier molecular flexibility index (Phi) is 1.51. The molecule has 4 heteroatoms. The van der Waals surface area contributed by atoms with Gasteiger partial charge < -0.3 is 15.2 Å². The number of rotatable bonds is 1. The lowest BCUT2D eigenvalue weighted by Crippen LogP contribution is -2.24. The van der Waals surface area contributed by atoms with Gasteiger partial charge in [0.15, 0.2) is 0 Å². The van der Waals surface area contributed by atoms with Crippen molar-refractivity contribution in [2.45, 2.75) is 25.4 Å². The Morgan fingerprint density at radius 1 is 1.62 bits per heavy atom. The van der Waals surface area contributed by atoms with Gasteiger partial charge in [-0.05, 0) is 18.6 Å². The molecule has 4 nitrogen and oxygen atoms in total. The summed E-state index contributed by atoms with van der Waals surface area (Å²) < 4.78 is 0. The molecule has 0 saturated heterocycles. The number of aromatic nitrogens is 1. The van der Waals surface area contributed by atoms with Gasteiger partial charge in [-0.1, -0.05) is 0 Å². The molecular weight excluding hydrogens is 170 g/mol. The van der Waals surface area contributed by atoms with E-state index in [1.165, 1.54) is 0 Å². The molecule has 0 unspecified atom stereocenters. The lowest BCUT2D eigenvalue weighted by Gasteiger charge is -2.14. The van der Waals surface area contributed by atoms with E-state index < -0.39 is 11.6 Å². The van der Waals surface area contributed by atoms with Crippen LogP contribution in [0.5, 0.6) is 0 Å². The van der Waals surface area contributed by atoms with Gasteiger partial charge >= 0.3 is 5.97 Å². The highest BCUT2D eigenvalue weighted by Crippen LogP contribution is 2.29. The van der Waals surface area contributed by atoms with Gasteiger partial charge in [0.05, 0.1) is 5.60 Å². The van der Waals surface area contributed by atoms with Gasteiger partial charge in [0.25, 0.3) is 0 Å². The van der Waals surface area contributed by atoms with E-state index in [0.29, 0.717) is 12.8 Å². The minimum absolute atomic E-state index is 0.209. The molecule has 1 aliphatic rings. The lowest BCUT2D eigenvalue weighted by molar-refractivity contribution is 0.0668. The number of aromatic carboxylic acids is 1. The highest BCUT2D eigenvalue weighted by atomic mass is 16.4. The van der Waals surface area contributed by atoms with Crippen LogP contribution in [-0.4, -0.2) is 26.8 Å². The van der Waals surface area contributed by atoms with E-state index in [1.54, 1.807) is 13.0 Å². The average molecular weight is 181 g/mol. The third-order valence-electron chi connectivity index (χ3n) is 2.35. The van der Waals surface area contributed by atoms with E-state index in [-0.39, 0.29) is 5.69 Å². The van der Waals surface area contributed by atoms with Crippen molar-refractivity contribution >= 4 is 5.97 Å². The predicted molar refractivity (Wildman–Crippen MR) is 45.8 cm³/mol. The molecular formula is C9H11NO3. The van der Waals surface area contributed by atoms with Crippen molar-refractivity contribution in [3.8, 4) is 0 Å². The number of carbonyl (C=O) groups is 1. The van der Waals surface area contributed by atoms with Crippen LogP contribution in [0.1, 0.15) is 28.7 Å². The second-order valence-corrected chi connectivity index (χ2v) is 3.84. The van der Waals surface area contributed by atoms with Crippen LogP contribution in [0.2, 0.25) is 0 Å². The van der Waals surface area contributed by atoms with Gasteiger partial charge in [-0.15, -0.1) is 0 Å². The summed E-state index contributed by atoms with van der Waals surface area (Å²) in [5, 5.41) is 18.3. The first kappa shape index (κ1) is 8.31. The van der Waals surface area contributed by atoms with E-state index in [9.17, 15) is 9.90 Å². The fourth-order valence-electron chi connectivity index (χ4n) is 1.82. The van der Waals surface area contributed by atoms with Crippen LogP contribution in [0.4, 0.5) is 0 Å². The fourth-order valence-corrected chi connectivity index (χ4v) is 1.82. The molecule has 0 saturated carbocycles. The molecule has 0 bridgehead atoms. The molecule has 1 atom stereocenters. The second-order valence-electron chi connectivity index (χ2n) is 3.84. The molecule has 1 aromatic heterocycles. The van der Waals surface area contributed by atoms with E-state index in [0.717, 1.165) is 11.3 Å². The summed E-state index contributed by atoms with van der Waals surface area (Å²) in [6.07, 6.45) is 1.04. The molecule has 0 spiro atoms. The van der Waals surface area contributed by atoms with E-state index >= 15 is 0 Å².